The molecule has 19 heavy (non-hydrogen) atoms. The Morgan fingerprint density at radius 3 is 2.68 bits per heavy atom. The molecule has 0 amide bonds. The quantitative estimate of drug-likeness (QED) is 0.765. The molecule has 1 aliphatic heterocycles. The van der Waals surface area contributed by atoms with Crippen LogP contribution in [-0.4, -0.2) is 12.4 Å². The van der Waals surface area contributed by atoms with E-state index >= 15 is 0 Å². The molecule has 2 aromatic rings. The molecule has 3 rings (SSSR count). The van der Waals surface area contributed by atoms with E-state index in [4.69, 9.17) is 4.74 Å². The van der Waals surface area contributed by atoms with Crippen molar-refractivity contribution in [1.82, 2.24) is 0 Å². The first kappa shape index (κ1) is 12.1. The van der Waals surface area contributed by atoms with Gasteiger partial charge in [0, 0.05) is 5.56 Å². The van der Waals surface area contributed by atoms with Gasteiger partial charge in [0.2, 0.25) is 0 Å². The van der Waals surface area contributed by atoms with Gasteiger partial charge in [-0.3, -0.25) is 4.79 Å². The van der Waals surface area contributed by atoms with E-state index in [0.717, 1.165) is 23.1 Å². The lowest BCUT2D eigenvalue weighted by Crippen LogP contribution is -2.24. The van der Waals surface area contributed by atoms with Gasteiger partial charge in [0.15, 0.2) is 5.78 Å². The first-order valence-electron chi connectivity index (χ1n) is 6.56. The summed E-state index contributed by atoms with van der Waals surface area (Å²) in [5.41, 5.74) is 3.99. The van der Waals surface area contributed by atoms with Crippen molar-refractivity contribution in [3.63, 3.8) is 0 Å². The zero-order chi connectivity index (χ0) is 13.2. The maximum Gasteiger partial charge on any atom is 0.196 e. The third-order valence-corrected chi connectivity index (χ3v) is 3.64. The van der Waals surface area contributed by atoms with Crippen molar-refractivity contribution < 1.29 is 9.53 Å². The lowest BCUT2D eigenvalue weighted by Gasteiger charge is -2.25. The molecule has 0 N–H and O–H groups in total. The number of fused-ring (bicyclic) bond motifs is 1. The van der Waals surface area contributed by atoms with Gasteiger partial charge in [0.05, 0.1) is 6.61 Å². The van der Waals surface area contributed by atoms with Gasteiger partial charge in [-0.25, -0.2) is 0 Å². The van der Waals surface area contributed by atoms with Gasteiger partial charge < -0.3 is 4.74 Å². The number of carbonyl (C=O) groups is 1. The van der Waals surface area contributed by atoms with Crippen LogP contribution in [-0.2, 0) is 11.2 Å². The Bertz CT molecular complexity index is 616. The summed E-state index contributed by atoms with van der Waals surface area (Å²) < 4.78 is 5.73. The summed E-state index contributed by atoms with van der Waals surface area (Å²) >= 11 is 0. The van der Waals surface area contributed by atoms with Crippen LogP contribution in [0.3, 0.4) is 0 Å². The van der Waals surface area contributed by atoms with E-state index in [-0.39, 0.29) is 5.78 Å². The van der Waals surface area contributed by atoms with Crippen molar-refractivity contribution in [2.45, 2.75) is 19.4 Å². The van der Waals surface area contributed by atoms with Gasteiger partial charge in [-0.2, -0.15) is 0 Å². The number of ketones is 1. The highest BCUT2D eigenvalue weighted by atomic mass is 16.5. The first-order valence-corrected chi connectivity index (χ1v) is 6.56. The number of hydrogen-bond donors (Lipinski definition) is 0. The van der Waals surface area contributed by atoms with Gasteiger partial charge in [-0.1, -0.05) is 48.5 Å². The van der Waals surface area contributed by atoms with E-state index < -0.39 is 6.10 Å². The molecule has 2 heteroatoms. The molecule has 0 radical (unpaired) electrons. The van der Waals surface area contributed by atoms with Crippen molar-refractivity contribution in [2.24, 2.45) is 0 Å². The van der Waals surface area contributed by atoms with Crippen molar-refractivity contribution in [3.8, 4) is 0 Å². The van der Waals surface area contributed by atoms with E-state index in [0.29, 0.717) is 6.61 Å². The lowest BCUT2D eigenvalue weighted by atomic mass is 9.91. The van der Waals surface area contributed by atoms with Crippen molar-refractivity contribution in [3.05, 3.63) is 70.8 Å². The summed E-state index contributed by atoms with van der Waals surface area (Å²) in [6, 6.07) is 15.7. The van der Waals surface area contributed by atoms with Gasteiger partial charge in [0.25, 0.3) is 0 Å². The topological polar surface area (TPSA) is 26.3 Å². The molecule has 1 heterocycles. The van der Waals surface area contributed by atoms with E-state index in [9.17, 15) is 4.79 Å². The SMILES string of the molecule is Cc1ccccc1C(=O)C1OCCc2ccccc21. The number of hydrogen-bond acceptors (Lipinski definition) is 2. The summed E-state index contributed by atoms with van der Waals surface area (Å²) in [6.07, 6.45) is 0.430. The molecule has 0 fully saturated rings. The number of benzene rings is 2. The Kier molecular flexibility index (Phi) is 3.18. The first-order chi connectivity index (χ1) is 9.27. The second kappa shape index (κ2) is 4.98. The van der Waals surface area contributed by atoms with Crippen LogP contribution in [0.4, 0.5) is 0 Å². The highest BCUT2D eigenvalue weighted by Crippen LogP contribution is 2.30. The molecule has 0 bridgehead atoms. The molecule has 0 saturated carbocycles. The van der Waals surface area contributed by atoms with E-state index in [2.05, 4.69) is 6.07 Å². The second-order valence-corrected chi connectivity index (χ2v) is 4.88. The van der Waals surface area contributed by atoms with Crippen LogP contribution in [0.2, 0.25) is 0 Å². The predicted octanol–water partition coefficient (Wildman–Crippen LogP) is 3.49. The lowest BCUT2D eigenvalue weighted by molar-refractivity contribution is 0.0348. The minimum Gasteiger partial charge on any atom is -0.365 e. The van der Waals surface area contributed by atoms with Gasteiger partial charge in [-0.15, -0.1) is 0 Å². The Hall–Kier alpha value is -1.93. The van der Waals surface area contributed by atoms with E-state index in [1.54, 1.807) is 0 Å². The zero-order valence-corrected chi connectivity index (χ0v) is 10.9. The minimum atomic E-state index is -0.453. The van der Waals surface area contributed by atoms with Gasteiger partial charge in [-0.05, 0) is 30.0 Å². The molecule has 1 unspecified atom stereocenters. The summed E-state index contributed by atoms with van der Waals surface area (Å²) in [4.78, 5) is 12.7. The van der Waals surface area contributed by atoms with Crippen LogP contribution in [0.1, 0.15) is 33.2 Å². The molecule has 2 nitrogen and oxygen atoms in total. The second-order valence-electron chi connectivity index (χ2n) is 4.88. The number of ether oxygens (including phenoxy) is 1. The Balaban J connectivity index is 2.00. The van der Waals surface area contributed by atoms with Gasteiger partial charge in [0.1, 0.15) is 6.10 Å². The third kappa shape index (κ3) is 2.20. The maximum atomic E-state index is 12.7. The van der Waals surface area contributed by atoms with Crippen LogP contribution < -0.4 is 0 Å². The smallest absolute Gasteiger partial charge is 0.196 e. The zero-order valence-electron chi connectivity index (χ0n) is 10.9. The normalized spacial score (nSPS) is 17.8. The summed E-state index contributed by atoms with van der Waals surface area (Å²) in [6.45, 7) is 2.57. The molecular weight excluding hydrogens is 236 g/mol. The Labute approximate surface area is 113 Å². The monoisotopic (exact) mass is 252 g/mol. The molecule has 0 aliphatic carbocycles. The largest absolute Gasteiger partial charge is 0.365 e. The standard InChI is InChI=1S/C17H16O2/c1-12-6-2-4-8-14(12)16(18)17-15-9-5-3-7-13(15)10-11-19-17/h2-9,17H,10-11H2,1H3. The predicted molar refractivity (Wildman–Crippen MR) is 74.3 cm³/mol. The Morgan fingerprint density at radius 1 is 1.11 bits per heavy atom. The van der Waals surface area contributed by atoms with Crippen LogP contribution in [0.5, 0.6) is 0 Å². The molecule has 0 saturated heterocycles. The fourth-order valence-corrected chi connectivity index (χ4v) is 2.60. The number of aryl methyl sites for hydroxylation is 1. The minimum absolute atomic E-state index is 0.0604. The van der Waals surface area contributed by atoms with Gasteiger partial charge >= 0.3 is 0 Å². The fourth-order valence-electron chi connectivity index (χ4n) is 2.60. The van der Waals surface area contributed by atoms with Crippen LogP contribution in [0, 0.1) is 6.92 Å². The number of carbonyl (C=O) groups excluding carboxylic acids is 1. The summed E-state index contributed by atoms with van der Waals surface area (Å²) in [7, 11) is 0. The molecule has 2 aromatic carbocycles. The molecule has 1 aliphatic rings. The number of rotatable bonds is 2. The molecule has 0 spiro atoms. The van der Waals surface area contributed by atoms with Crippen LogP contribution >= 0.6 is 0 Å². The highest BCUT2D eigenvalue weighted by molar-refractivity contribution is 6.01. The molecule has 1 atom stereocenters. The summed E-state index contributed by atoms with van der Waals surface area (Å²) in [5.74, 6) is 0.0604. The maximum absolute atomic E-state index is 12.7. The van der Waals surface area contributed by atoms with Crippen molar-refractivity contribution in [2.75, 3.05) is 6.61 Å². The highest BCUT2D eigenvalue weighted by Gasteiger charge is 2.28. The Morgan fingerprint density at radius 2 is 1.84 bits per heavy atom. The fraction of sp³-hybridized carbons (Fsp3) is 0.235. The average Bonchev–Trinajstić information content (AvgIpc) is 2.46. The number of Topliss-reactive ketones (excluding diaryl/α,β-unsaturated/α-hetero) is 1. The summed E-state index contributed by atoms with van der Waals surface area (Å²) in [5, 5.41) is 0. The molecular formula is C17H16O2. The third-order valence-electron chi connectivity index (χ3n) is 3.64. The van der Waals surface area contributed by atoms with E-state index in [1.807, 2.05) is 49.4 Å². The molecule has 0 aromatic heterocycles. The van der Waals surface area contributed by atoms with Crippen LogP contribution in [0.25, 0.3) is 0 Å². The van der Waals surface area contributed by atoms with Crippen molar-refractivity contribution >= 4 is 5.78 Å². The average molecular weight is 252 g/mol. The van der Waals surface area contributed by atoms with E-state index in [1.165, 1.54) is 5.56 Å². The molecule has 96 valence electrons. The van der Waals surface area contributed by atoms with Crippen molar-refractivity contribution in [1.29, 1.82) is 0 Å². The van der Waals surface area contributed by atoms with Crippen LogP contribution in [0.15, 0.2) is 48.5 Å².